The molecule has 0 saturated heterocycles. The summed E-state index contributed by atoms with van der Waals surface area (Å²) in [5.41, 5.74) is 3.85. The van der Waals surface area contributed by atoms with Crippen molar-refractivity contribution < 1.29 is 0 Å². The third-order valence-electron chi connectivity index (χ3n) is 2.59. The highest BCUT2D eigenvalue weighted by Gasteiger charge is 2.10. The summed E-state index contributed by atoms with van der Waals surface area (Å²) >= 11 is 0. The van der Waals surface area contributed by atoms with Crippen molar-refractivity contribution in [3.63, 3.8) is 0 Å². The van der Waals surface area contributed by atoms with Crippen molar-refractivity contribution in [1.82, 2.24) is 9.97 Å². The lowest BCUT2D eigenvalue weighted by molar-refractivity contribution is 0.992. The van der Waals surface area contributed by atoms with Gasteiger partial charge in [0.1, 0.15) is 0 Å². The van der Waals surface area contributed by atoms with Crippen LogP contribution in [0.1, 0.15) is 17.7 Å². The lowest BCUT2D eigenvalue weighted by Gasteiger charge is -2.03. The first-order valence-corrected chi connectivity index (χ1v) is 4.56. The fourth-order valence-corrected chi connectivity index (χ4v) is 1.96. The van der Waals surface area contributed by atoms with Gasteiger partial charge in [-0.3, -0.25) is 4.98 Å². The fraction of sp³-hybridized carbons (Fsp3) is 0.182. The van der Waals surface area contributed by atoms with Crippen LogP contribution in [0.4, 0.5) is 0 Å². The molecule has 0 aromatic carbocycles. The molecular formula is C11H10N2. The minimum Gasteiger partial charge on any atom is -0.354 e. The van der Waals surface area contributed by atoms with Crippen molar-refractivity contribution in [3.05, 3.63) is 35.8 Å². The maximum Gasteiger partial charge on any atom is 0.0647 e. The smallest absolute Gasteiger partial charge is 0.0647 e. The second kappa shape index (κ2) is 2.46. The third-order valence-corrected chi connectivity index (χ3v) is 2.59. The Morgan fingerprint density at radius 1 is 1.38 bits per heavy atom. The minimum absolute atomic E-state index is 1.15. The van der Waals surface area contributed by atoms with Gasteiger partial charge in [0.2, 0.25) is 0 Å². The van der Waals surface area contributed by atoms with Gasteiger partial charge in [-0.1, -0.05) is 6.08 Å². The summed E-state index contributed by atoms with van der Waals surface area (Å²) in [6, 6.07) is 2.09. The van der Waals surface area contributed by atoms with Crippen molar-refractivity contribution in [3.8, 4) is 0 Å². The molecule has 0 spiro atoms. The molecule has 1 aliphatic rings. The van der Waals surface area contributed by atoms with E-state index < -0.39 is 0 Å². The largest absolute Gasteiger partial charge is 0.354 e. The molecule has 3 rings (SSSR count). The zero-order valence-corrected chi connectivity index (χ0v) is 7.25. The van der Waals surface area contributed by atoms with Gasteiger partial charge in [0.15, 0.2) is 0 Å². The van der Waals surface area contributed by atoms with E-state index in [0.29, 0.717) is 0 Å². The molecule has 2 heterocycles. The summed E-state index contributed by atoms with van der Waals surface area (Å²) in [5.74, 6) is 0. The standard InChI is InChI=1S/C11H10N2/c1-2-4-10-8(3-1)9-5-6-12-7-11(9)13-10/h2,4-7,13H,1,3H2. The molecule has 2 heteroatoms. The first-order chi connectivity index (χ1) is 6.45. The lowest BCUT2D eigenvalue weighted by Crippen LogP contribution is -1.89. The first kappa shape index (κ1) is 6.89. The van der Waals surface area contributed by atoms with Crippen molar-refractivity contribution in [2.45, 2.75) is 12.8 Å². The van der Waals surface area contributed by atoms with Crippen molar-refractivity contribution in [2.75, 3.05) is 0 Å². The second-order valence-corrected chi connectivity index (χ2v) is 3.38. The molecule has 2 nitrogen and oxygen atoms in total. The predicted molar refractivity (Wildman–Crippen MR) is 53.4 cm³/mol. The number of pyridine rings is 1. The highest BCUT2D eigenvalue weighted by molar-refractivity contribution is 5.86. The van der Waals surface area contributed by atoms with Gasteiger partial charge in [0.25, 0.3) is 0 Å². The van der Waals surface area contributed by atoms with Crippen LogP contribution in [0, 0.1) is 0 Å². The van der Waals surface area contributed by atoms with E-state index >= 15 is 0 Å². The van der Waals surface area contributed by atoms with E-state index in [-0.39, 0.29) is 0 Å². The van der Waals surface area contributed by atoms with Crippen LogP contribution >= 0.6 is 0 Å². The van der Waals surface area contributed by atoms with E-state index in [9.17, 15) is 0 Å². The lowest BCUT2D eigenvalue weighted by atomic mass is 10.0. The van der Waals surface area contributed by atoms with Gasteiger partial charge in [-0.25, -0.2) is 0 Å². The predicted octanol–water partition coefficient (Wildman–Crippen LogP) is 2.52. The van der Waals surface area contributed by atoms with Crippen molar-refractivity contribution >= 4 is 17.0 Å². The summed E-state index contributed by atoms with van der Waals surface area (Å²) in [5, 5.41) is 1.33. The number of hydrogen-bond donors (Lipinski definition) is 1. The second-order valence-electron chi connectivity index (χ2n) is 3.38. The molecule has 0 radical (unpaired) electrons. The van der Waals surface area contributed by atoms with Crippen LogP contribution < -0.4 is 0 Å². The average molecular weight is 170 g/mol. The summed E-state index contributed by atoms with van der Waals surface area (Å²) in [4.78, 5) is 7.47. The molecule has 13 heavy (non-hydrogen) atoms. The quantitative estimate of drug-likeness (QED) is 0.646. The van der Waals surface area contributed by atoms with E-state index in [4.69, 9.17) is 0 Å². The molecule has 0 aliphatic heterocycles. The molecule has 0 bridgehead atoms. The van der Waals surface area contributed by atoms with Crippen LogP contribution in [0.25, 0.3) is 17.0 Å². The number of nitrogens with zero attached hydrogens (tertiary/aromatic N) is 1. The van der Waals surface area contributed by atoms with Gasteiger partial charge in [-0.2, -0.15) is 0 Å². The Balaban J connectivity index is 2.41. The Kier molecular flexibility index (Phi) is 1.30. The average Bonchev–Trinajstić information content (AvgIpc) is 2.56. The van der Waals surface area contributed by atoms with Gasteiger partial charge in [0, 0.05) is 17.3 Å². The van der Waals surface area contributed by atoms with E-state index in [0.717, 1.165) is 18.4 Å². The Hall–Kier alpha value is -1.57. The Labute approximate surface area is 76.3 Å². The van der Waals surface area contributed by atoms with E-state index in [1.807, 2.05) is 12.4 Å². The molecule has 2 aromatic rings. The number of H-pyrrole nitrogens is 1. The summed E-state index contributed by atoms with van der Waals surface area (Å²) in [6.07, 6.45) is 10.4. The summed E-state index contributed by atoms with van der Waals surface area (Å²) < 4.78 is 0. The zero-order valence-electron chi connectivity index (χ0n) is 7.25. The highest BCUT2D eigenvalue weighted by Crippen LogP contribution is 2.26. The minimum atomic E-state index is 1.15. The van der Waals surface area contributed by atoms with Gasteiger partial charge in [0.05, 0.1) is 11.7 Å². The number of aromatic nitrogens is 2. The number of hydrogen-bond acceptors (Lipinski definition) is 1. The number of nitrogens with one attached hydrogen (secondary N) is 1. The van der Waals surface area contributed by atoms with Crippen LogP contribution in [-0.4, -0.2) is 9.97 Å². The first-order valence-electron chi connectivity index (χ1n) is 4.56. The summed E-state index contributed by atoms with van der Waals surface area (Å²) in [7, 11) is 0. The Morgan fingerprint density at radius 2 is 2.38 bits per heavy atom. The number of aromatic amines is 1. The van der Waals surface area contributed by atoms with Gasteiger partial charge in [-0.15, -0.1) is 0 Å². The Morgan fingerprint density at radius 3 is 3.38 bits per heavy atom. The monoisotopic (exact) mass is 170 g/mol. The number of rotatable bonds is 0. The molecule has 0 atom stereocenters. The van der Waals surface area contributed by atoms with E-state index in [1.54, 1.807) is 0 Å². The molecule has 0 fully saturated rings. The molecule has 1 N–H and O–H groups in total. The van der Waals surface area contributed by atoms with Crippen LogP contribution in [0.5, 0.6) is 0 Å². The van der Waals surface area contributed by atoms with Crippen LogP contribution in [0.3, 0.4) is 0 Å². The molecule has 0 amide bonds. The van der Waals surface area contributed by atoms with Crippen LogP contribution in [-0.2, 0) is 6.42 Å². The van der Waals surface area contributed by atoms with E-state index in [2.05, 4.69) is 28.2 Å². The number of allylic oxidation sites excluding steroid dienone is 1. The van der Waals surface area contributed by atoms with Crippen molar-refractivity contribution in [1.29, 1.82) is 0 Å². The highest BCUT2D eigenvalue weighted by atomic mass is 14.8. The molecule has 2 aromatic heterocycles. The molecule has 0 saturated carbocycles. The van der Waals surface area contributed by atoms with Gasteiger partial charge in [-0.05, 0) is 30.5 Å². The summed E-state index contributed by atoms with van der Waals surface area (Å²) in [6.45, 7) is 0. The number of fused-ring (bicyclic) bond motifs is 3. The normalized spacial score (nSPS) is 14.8. The van der Waals surface area contributed by atoms with E-state index in [1.165, 1.54) is 16.6 Å². The van der Waals surface area contributed by atoms with Gasteiger partial charge >= 0.3 is 0 Å². The fourth-order valence-electron chi connectivity index (χ4n) is 1.96. The molecular weight excluding hydrogens is 160 g/mol. The molecule has 0 unspecified atom stereocenters. The topological polar surface area (TPSA) is 28.7 Å². The number of aryl methyl sites for hydroxylation is 1. The zero-order chi connectivity index (χ0) is 8.67. The Bertz CT molecular complexity index is 480. The van der Waals surface area contributed by atoms with Crippen LogP contribution in [0.15, 0.2) is 24.5 Å². The maximum absolute atomic E-state index is 4.10. The SMILES string of the molecule is C1=Cc2[nH]c3cnccc3c2CC1. The van der Waals surface area contributed by atoms with Crippen LogP contribution in [0.2, 0.25) is 0 Å². The molecule has 1 aliphatic carbocycles. The van der Waals surface area contributed by atoms with Crippen molar-refractivity contribution in [2.24, 2.45) is 0 Å². The third kappa shape index (κ3) is 0.917. The maximum atomic E-state index is 4.10. The van der Waals surface area contributed by atoms with Gasteiger partial charge < -0.3 is 4.98 Å². The molecule has 64 valence electrons.